The van der Waals surface area contributed by atoms with Crippen LogP contribution < -0.4 is 10.5 Å². The van der Waals surface area contributed by atoms with Crippen molar-refractivity contribution in [3.63, 3.8) is 0 Å². The second kappa shape index (κ2) is 7.12. The summed E-state index contributed by atoms with van der Waals surface area (Å²) in [6.07, 6.45) is 1.37. The Hall–Kier alpha value is -1.58. The number of unbranched alkanes of at least 4 members (excludes halogenated alkanes) is 1. The molecule has 1 aromatic rings. The van der Waals surface area contributed by atoms with E-state index in [0.717, 1.165) is 6.42 Å². The summed E-state index contributed by atoms with van der Waals surface area (Å²) in [4.78, 5) is 0. The molecule has 0 aromatic heterocycles. The van der Waals surface area contributed by atoms with E-state index < -0.39 is 15.8 Å². The number of rotatable bonds is 5. The van der Waals surface area contributed by atoms with Gasteiger partial charge in [-0.05, 0) is 24.6 Å². The molecule has 0 radical (unpaired) electrons. The zero-order chi connectivity index (χ0) is 14.3. The van der Waals surface area contributed by atoms with E-state index in [1.54, 1.807) is 0 Å². The Balaban J connectivity index is 2.91. The molecule has 0 heterocycles. The van der Waals surface area contributed by atoms with Gasteiger partial charge < -0.3 is 5.73 Å². The molecule has 0 fully saturated rings. The predicted molar refractivity (Wildman–Crippen MR) is 74.6 cm³/mol. The maximum absolute atomic E-state index is 13.4. The first-order valence-corrected chi connectivity index (χ1v) is 7.62. The van der Waals surface area contributed by atoms with E-state index in [4.69, 9.17) is 5.73 Å². The normalized spacial score (nSPS) is 10.7. The second-order valence-electron chi connectivity index (χ2n) is 3.98. The van der Waals surface area contributed by atoms with Gasteiger partial charge in [0.25, 0.3) is 0 Å². The van der Waals surface area contributed by atoms with Crippen LogP contribution in [0.2, 0.25) is 0 Å². The average Bonchev–Trinajstić information content (AvgIpc) is 2.37. The van der Waals surface area contributed by atoms with Gasteiger partial charge in [-0.1, -0.05) is 25.2 Å². The van der Waals surface area contributed by atoms with Crippen LogP contribution in [-0.2, 0) is 10.0 Å². The van der Waals surface area contributed by atoms with Crippen LogP contribution in [0.1, 0.15) is 25.3 Å². The van der Waals surface area contributed by atoms with E-state index >= 15 is 0 Å². The van der Waals surface area contributed by atoms with Crippen molar-refractivity contribution in [2.45, 2.75) is 19.8 Å². The Bertz CT molecular complexity index is 588. The minimum absolute atomic E-state index is 0.0463. The lowest BCUT2D eigenvalue weighted by Gasteiger charge is -2.08. The molecule has 1 rings (SSSR count). The number of nitrogens with two attached hydrogens (primary N) is 1. The van der Waals surface area contributed by atoms with E-state index in [2.05, 4.69) is 16.6 Å². The third-order valence-electron chi connectivity index (χ3n) is 2.33. The van der Waals surface area contributed by atoms with Gasteiger partial charge in [-0.3, -0.25) is 4.72 Å². The van der Waals surface area contributed by atoms with Gasteiger partial charge in [0.05, 0.1) is 17.9 Å². The van der Waals surface area contributed by atoms with E-state index in [9.17, 15) is 12.8 Å². The Kier molecular flexibility index (Phi) is 5.80. The lowest BCUT2D eigenvalue weighted by molar-refractivity contribution is 0.597. The van der Waals surface area contributed by atoms with Gasteiger partial charge in [-0.2, -0.15) is 0 Å². The molecule has 19 heavy (non-hydrogen) atoms. The highest BCUT2D eigenvalue weighted by atomic mass is 32.2. The van der Waals surface area contributed by atoms with Crippen molar-refractivity contribution in [3.8, 4) is 11.8 Å². The lowest BCUT2D eigenvalue weighted by atomic mass is 10.2. The minimum atomic E-state index is -3.39. The molecule has 0 atom stereocenters. The van der Waals surface area contributed by atoms with Crippen molar-refractivity contribution in [3.05, 3.63) is 29.6 Å². The van der Waals surface area contributed by atoms with Gasteiger partial charge in [0, 0.05) is 5.69 Å². The molecule has 1 aromatic carbocycles. The van der Waals surface area contributed by atoms with Crippen LogP contribution in [0, 0.1) is 17.7 Å². The number of anilines is 1. The van der Waals surface area contributed by atoms with Crippen molar-refractivity contribution in [2.24, 2.45) is 5.73 Å². The van der Waals surface area contributed by atoms with Gasteiger partial charge >= 0.3 is 0 Å². The first kappa shape index (κ1) is 15.5. The SMILES string of the molecule is CCCCS(=O)(=O)Nc1ccc(F)c(C#CCN)c1. The topological polar surface area (TPSA) is 72.2 Å². The summed E-state index contributed by atoms with van der Waals surface area (Å²) in [5.41, 5.74) is 5.64. The van der Waals surface area contributed by atoms with Crippen LogP contribution in [0.3, 0.4) is 0 Å². The third-order valence-corrected chi connectivity index (χ3v) is 3.70. The molecule has 3 N–H and O–H groups in total. The highest BCUT2D eigenvalue weighted by Crippen LogP contribution is 2.15. The van der Waals surface area contributed by atoms with Crippen molar-refractivity contribution in [1.82, 2.24) is 0 Å². The predicted octanol–water partition coefficient (Wildman–Crippen LogP) is 1.68. The van der Waals surface area contributed by atoms with Gasteiger partial charge in [0.2, 0.25) is 10.0 Å². The fraction of sp³-hybridized carbons (Fsp3) is 0.385. The van der Waals surface area contributed by atoms with Crippen LogP contribution in [-0.4, -0.2) is 20.7 Å². The summed E-state index contributed by atoms with van der Waals surface area (Å²) < 4.78 is 39.2. The number of hydrogen-bond donors (Lipinski definition) is 2. The average molecular weight is 284 g/mol. The molecular weight excluding hydrogens is 267 g/mol. The molecule has 0 spiro atoms. The summed E-state index contributed by atoms with van der Waals surface area (Å²) in [6.45, 7) is 2.03. The van der Waals surface area contributed by atoms with Gasteiger partial charge in [-0.25, -0.2) is 12.8 Å². The van der Waals surface area contributed by atoms with Crippen molar-refractivity contribution in [1.29, 1.82) is 0 Å². The summed E-state index contributed by atoms with van der Waals surface area (Å²) in [6, 6.07) is 3.91. The first-order chi connectivity index (χ1) is 8.98. The van der Waals surface area contributed by atoms with Crippen LogP contribution in [0.15, 0.2) is 18.2 Å². The number of halogens is 1. The molecule has 0 unspecified atom stereocenters. The van der Waals surface area contributed by atoms with Gasteiger partial charge in [0.1, 0.15) is 5.82 Å². The quantitative estimate of drug-likeness (QED) is 0.808. The van der Waals surface area contributed by atoms with Crippen LogP contribution in [0.5, 0.6) is 0 Å². The molecule has 0 aliphatic rings. The number of benzene rings is 1. The fourth-order valence-corrected chi connectivity index (χ4v) is 2.65. The Morgan fingerprint density at radius 2 is 2.16 bits per heavy atom. The molecule has 0 amide bonds. The van der Waals surface area contributed by atoms with Crippen LogP contribution >= 0.6 is 0 Å². The maximum Gasteiger partial charge on any atom is 0.232 e. The van der Waals surface area contributed by atoms with E-state index in [1.165, 1.54) is 18.2 Å². The first-order valence-electron chi connectivity index (χ1n) is 5.97. The zero-order valence-corrected chi connectivity index (χ0v) is 11.6. The molecule has 0 saturated heterocycles. The Morgan fingerprint density at radius 3 is 2.79 bits per heavy atom. The van der Waals surface area contributed by atoms with Gasteiger partial charge in [0.15, 0.2) is 0 Å². The van der Waals surface area contributed by atoms with Crippen molar-refractivity contribution >= 4 is 15.7 Å². The molecule has 0 aliphatic heterocycles. The summed E-state index contributed by atoms with van der Waals surface area (Å²) in [7, 11) is -3.39. The van der Waals surface area contributed by atoms with Crippen molar-refractivity contribution in [2.75, 3.05) is 17.0 Å². The molecule has 0 aliphatic carbocycles. The molecule has 4 nitrogen and oxygen atoms in total. The van der Waals surface area contributed by atoms with Gasteiger partial charge in [-0.15, -0.1) is 0 Å². The highest BCUT2D eigenvalue weighted by Gasteiger charge is 2.10. The monoisotopic (exact) mass is 284 g/mol. The molecule has 104 valence electrons. The number of nitrogens with one attached hydrogen (secondary N) is 1. The summed E-state index contributed by atoms with van der Waals surface area (Å²) in [5, 5.41) is 0. The van der Waals surface area contributed by atoms with E-state index in [1.807, 2.05) is 6.92 Å². The summed E-state index contributed by atoms with van der Waals surface area (Å²) >= 11 is 0. The minimum Gasteiger partial charge on any atom is -0.320 e. The molecule has 0 bridgehead atoms. The van der Waals surface area contributed by atoms with Crippen LogP contribution in [0.4, 0.5) is 10.1 Å². The molecular formula is C13H17FN2O2S. The largest absolute Gasteiger partial charge is 0.320 e. The van der Waals surface area contributed by atoms with Crippen LogP contribution in [0.25, 0.3) is 0 Å². The fourth-order valence-electron chi connectivity index (χ4n) is 1.40. The highest BCUT2D eigenvalue weighted by molar-refractivity contribution is 7.92. The van der Waals surface area contributed by atoms with E-state index in [0.29, 0.717) is 12.1 Å². The zero-order valence-electron chi connectivity index (χ0n) is 10.7. The molecule has 6 heteroatoms. The summed E-state index contributed by atoms with van der Waals surface area (Å²) in [5.74, 6) is 4.63. The lowest BCUT2D eigenvalue weighted by Crippen LogP contribution is -2.16. The molecule has 0 saturated carbocycles. The number of hydrogen-bond acceptors (Lipinski definition) is 3. The third kappa shape index (κ3) is 5.28. The Morgan fingerprint density at radius 1 is 1.42 bits per heavy atom. The number of sulfonamides is 1. The maximum atomic E-state index is 13.4. The second-order valence-corrected chi connectivity index (χ2v) is 5.82. The van der Waals surface area contributed by atoms with Crippen molar-refractivity contribution < 1.29 is 12.8 Å². The Labute approximate surface area is 113 Å². The standard InChI is InChI=1S/C13H17FN2O2S/c1-2-3-9-19(17,18)16-12-6-7-13(14)11(10-12)5-4-8-15/h6-7,10,16H,2-3,8-9,15H2,1H3. The van der Waals surface area contributed by atoms with E-state index in [-0.39, 0.29) is 17.9 Å². The smallest absolute Gasteiger partial charge is 0.232 e.